The van der Waals surface area contributed by atoms with Crippen molar-refractivity contribution < 1.29 is 24.3 Å². The number of guanidine groups is 1. The highest BCUT2D eigenvalue weighted by Crippen LogP contribution is 2.01. The van der Waals surface area contributed by atoms with Gasteiger partial charge in [-0.1, -0.05) is 0 Å². The maximum atomic E-state index is 12.4. The van der Waals surface area contributed by atoms with Crippen molar-refractivity contribution in [2.75, 3.05) is 25.1 Å². The van der Waals surface area contributed by atoms with Gasteiger partial charge in [-0.3, -0.25) is 24.2 Å². The topological polar surface area (TPSA) is 215 Å². The molecule has 0 spiro atoms. The maximum Gasteiger partial charge on any atom is 0.322 e. The molecule has 13 heteroatoms. The molecule has 3 amide bonds. The predicted octanol–water partition coefficient (Wildman–Crippen LogP) is -2.69. The summed E-state index contributed by atoms with van der Waals surface area (Å²) in [6.07, 6.45) is 2.89. The van der Waals surface area contributed by atoms with Crippen molar-refractivity contribution >= 4 is 41.4 Å². The van der Waals surface area contributed by atoms with E-state index in [0.29, 0.717) is 18.6 Å². The van der Waals surface area contributed by atoms with E-state index in [1.54, 1.807) is 11.8 Å². The lowest BCUT2D eigenvalue weighted by Gasteiger charge is -2.22. The Hall–Kier alpha value is -2.54. The molecule has 12 nitrogen and oxygen atoms in total. The fourth-order valence-corrected chi connectivity index (χ4v) is 2.61. The van der Waals surface area contributed by atoms with E-state index < -0.39 is 48.4 Å². The number of carbonyl (C=O) groups excluding carboxylic acids is 3. The maximum absolute atomic E-state index is 12.4. The van der Waals surface area contributed by atoms with Crippen LogP contribution >= 0.6 is 11.8 Å². The zero-order valence-corrected chi connectivity index (χ0v) is 17.5. The van der Waals surface area contributed by atoms with E-state index >= 15 is 0 Å². The number of nitrogens with one attached hydrogen (secondary N) is 3. The number of amides is 3. The van der Waals surface area contributed by atoms with Crippen LogP contribution < -0.4 is 33.2 Å². The molecule has 0 aliphatic heterocycles. The Bertz CT molecular complexity index is 598. The number of aliphatic imine (C=N–C) groups is 1. The smallest absolute Gasteiger partial charge is 0.322 e. The van der Waals surface area contributed by atoms with Crippen LogP contribution in [0.2, 0.25) is 0 Å². The van der Waals surface area contributed by atoms with E-state index in [2.05, 4.69) is 20.9 Å². The molecular weight excluding hydrogens is 402 g/mol. The molecular formula is C16H31N7O5S. The van der Waals surface area contributed by atoms with Gasteiger partial charge in [0.1, 0.15) is 18.6 Å². The first-order valence-electron chi connectivity index (χ1n) is 8.98. The third-order valence-electron chi connectivity index (χ3n) is 3.71. The lowest BCUT2D eigenvalue weighted by molar-refractivity contribution is -0.138. The minimum Gasteiger partial charge on any atom is -0.480 e. The number of nitrogens with zero attached hydrogens (tertiary/aromatic N) is 1. The molecule has 0 aliphatic rings. The van der Waals surface area contributed by atoms with Crippen molar-refractivity contribution in [2.24, 2.45) is 22.2 Å². The van der Waals surface area contributed by atoms with Crippen LogP contribution in [0.25, 0.3) is 0 Å². The van der Waals surface area contributed by atoms with E-state index in [1.165, 1.54) is 6.92 Å². The normalized spacial score (nSPS) is 13.5. The third kappa shape index (κ3) is 12.5. The molecule has 3 atom stereocenters. The third-order valence-corrected chi connectivity index (χ3v) is 4.36. The molecule has 29 heavy (non-hydrogen) atoms. The molecule has 0 aliphatic carbocycles. The first-order valence-corrected chi connectivity index (χ1v) is 10.4. The average Bonchev–Trinajstić information content (AvgIpc) is 2.65. The molecule has 0 saturated carbocycles. The standard InChI is InChI=1S/C16H31N7O5S/c1-9(22-14(27)10(17)5-7-29-2)13(26)23-11(4-3-6-20-16(18)19)15(28)21-8-12(24)25/h9-11H,3-8,17H2,1-2H3,(H,21,28)(H,22,27)(H,23,26)(H,24,25)(H4,18,19,20). The lowest BCUT2D eigenvalue weighted by atomic mass is 10.1. The largest absolute Gasteiger partial charge is 0.480 e. The molecule has 0 rings (SSSR count). The number of carboxylic acid groups (broad SMARTS) is 1. The van der Waals surface area contributed by atoms with Crippen LogP contribution in [-0.4, -0.2) is 78.0 Å². The van der Waals surface area contributed by atoms with E-state index in [9.17, 15) is 19.2 Å². The number of carbonyl (C=O) groups is 4. The zero-order chi connectivity index (χ0) is 22.4. The first kappa shape index (κ1) is 26.5. The summed E-state index contributed by atoms with van der Waals surface area (Å²) in [5.74, 6) is -2.36. The van der Waals surface area contributed by atoms with E-state index in [4.69, 9.17) is 22.3 Å². The fraction of sp³-hybridized carbons (Fsp3) is 0.688. The van der Waals surface area contributed by atoms with Gasteiger partial charge in [0.2, 0.25) is 17.7 Å². The Morgan fingerprint density at radius 3 is 2.28 bits per heavy atom. The number of nitrogens with two attached hydrogens (primary N) is 3. The summed E-state index contributed by atoms with van der Waals surface area (Å²) < 4.78 is 0. The summed E-state index contributed by atoms with van der Waals surface area (Å²) in [7, 11) is 0. The molecule has 10 N–H and O–H groups in total. The van der Waals surface area contributed by atoms with Gasteiger partial charge in [-0.25, -0.2) is 0 Å². The Labute approximate surface area is 173 Å². The highest BCUT2D eigenvalue weighted by Gasteiger charge is 2.25. The van der Waals surface area contributed by atoms with Gasteiger partial charge < -0.3 is 38.3 Å². The van der Waals surface area contributed by atoms with Gasteiger partial charge in [0.15, 0.2) is 5.96 Å². The second-order valence-electron chi connectivity index (χ2n) is 6.24. The highest BCUT2D eigenvalue weighted by atomic mass is 32.2. The van der Waals surface area contributed by atoms with Crippen LogP contribution in [-0.2, 0) is 19.2 Å². The summed E-state index contributed by atoms with van der Waals surface area (Å²) in [6, 6.07) is -2.69. The van der Waals surface area contributed by atoms with Crippen molar-refractivity contribution in [1.82, 2.24) is 16.0 Å². The summed E-state index contributed by atoms with van der Waals surface area (Å²) in [6.45, 7) is 1.10. The minimum atomic E-state index is -1.22. The summed E-state index contributed by atoms with van der Waals surface area (Å²) >= 11 is 1.55. The monoisotopic (exact) mass is 433 g/mol. The molecule has 0 heterocycles. The predicted molar refractivity (Wildman–Crippen MR) is 111 cm³/mol. The van der Waals surface area contributed by atoms with E-state index in [1.807, 2.05) is 6.26 Å². The van der Waals surface area contributed by atoms with Crippen molar-refractivity contribution in [3.05, 3.63) is 0 Å². The summed E-state index contributed by atoms with van der Waals surface area (Å²) in [4.78, 5) is 51.0. The van der Waals surface area contributed by atoms with Crippen LogP contribution in [0.5, 0.6) is 0 Å². The SMILES string of the molecule is CSCCC(N)C(=O)NC(C)C(=O)NC(CCCN=C(N)N)C(=O)NCC(=O)O. The summed E-state index contributed by atoms with van der Waals surface area (Å²) in [5, 5.41) is 15.9. The van der Waals surface area contributed by atoms with Crippen molar-refractivity contribution in [1.29, 1.82) is 0 Å². The van der Waals surface area contributed by atoms with Crippen molar-refractivity contribution in [3.8, 4) is 0 Å². The van der Waals surface area contributed by atoms with Gasteiger partial charge in [-0.15, -0.1) is 0 Å². The number of rotatable bonds is 14. The average molecular weight is 434 g/mol. The number of hydrogen-bond donors (Lipinski definition) is 7. The Balaban J connectivity index is 4.83. The van der Waals surface area contributed by atoms with Crippen LogP contribution in [0.1, 0.15) is 26.2 Å². The number of thioether (sulfide) groups is 1. The Morgan fingerprint density at radius 1 is 1.07 bits per heavy atom. The van der Waals surface area contributed by atoms with Gasteiger partial charge in [0.05, 0.1) is 6.04 Å². The van der Waals surface area contributed by atoms with Crippen molar-refractivity contribution in [2.45, 2.75) is 44.3 Å². The van der Waals surface area contributed by atoms with Gasteiger partial charge in [0.25, 0.3) is 0 Å². The Morgan fingerprint density at radius 2 is 1.72 bits per heavy atom. The highest BCUT2D eigenvalue weighted by molar-refractivity contribution is 7.98. The number of aliphatic carboxylic acids is 1. The van der Waals surface area contributed by atoms with Crippen LogP contribution in [0, 0.1) is 0 Å². The molecule has 166 valence electrons. The van der Waals surface area contributed by atoms with E-state index in [-0.39, 0.29) is 18.9 Å². The minimum absolute atomic E-state index is 0.102. The van der Waals surface area contributed by atoms with Gasteiger partial charge in [-0.2, -0.15) is 11.8 Å². The number of hydrogen-bond acceptors (Lipinski definition) is 7. The van der Waals surface area contributed by atoms with Crippen molar-refractivity contribution in [3.63, 3.8) is 0 Å². The summed E-state index contributed by atoms with van der Waals surface area (Å²) in [5.41, 5.74) is 16.2. The number of carboxylic acids is 1. The van der Waals surface area contributed by atoms with Crippen LogP contribution in [0.3, 0.4) is 0 Å². The lowest BCUT2D eigenvalue weighted by Crippen LogP contribution is -2.55. The molecule has 3 unspecified atom stereocenters. The van der Waals surface area contributed by atoms with E-state index in [0.717, 1.165) is 0 Å². The quantitative estimate of drug-likeness (QED) is 0.0861. The molecule has 0 radical (unpaired) electrons. The molecule has 0 aromatic carbocycles. The second-order valence-corrected chi connectivity index (χ2v) is 7.23. The second kappa shape index (κ2) is 14.5. The van der Waals surface area contributed by atoms with Gasteiger partial charge in [-0.05, 0) is 38.2 Å². The first-order chi connectivity index (χ1) is 13.6. The van der Waals surface area contributed by atoms with Crippen LogP contribution in [0.15, 0.2) is 4.99 Å². The van der Waals surface area contributed by atoms with Crippen LogP contribution in [0.4, 0.5) is 0 Å². The molecule has 0 saturated heterocycles. The molecule has 0 fully saturated rings. The molecule has 0 bridgehead atoms. The van der Waals surface area contributed by atoms with Gasteiger partial charge in [0, 0.05) is 6.54 Å². The molecule has 0 aromatic heterocycles. The fourth-order valence-electron chi connectivity index (χ4n) is 2.12. The zero-order valence-electron chi connectivity index (χ0n) is 16.6. The molecule has 0 aromatic rings. The van der Waals surface area contributed by atoms with Gasteiger partial charge >= 0.3 is 5.97 Å². The Kier molecular flexibility index (Phi) is 13.2.